The van der Waals surface area contributed by atoms with E-state index in [0.29, 0.717) is 22.5 Å². The van der Waals surface area contributed by atoms with Gasteiger partial charge in [-0.25, -0.2) is 9.97 Å². The number of non-ortho nitro benzene ring substituents is 1. The number of para-hydroxylation sites is 2. The summed E-state index contributed by atoms with van der Waals surface area (Å²) in [6, 6.07) is 13.5. The molecule has 0 amide bonds. The Balaban J connectivity index is 1.99. The fourth-order valence-electron chi connectivity index (χ4n) is 1.94. The van der Waals surface area contributed by atoms with Crippen LogP contribution >= 0.6 is 0 Å². The lowest BCUT2D eigenvalue weighted by Crippen LogP contribution is -2.02. The third kappa shape index (κ3) is 2.57. The van der Waals surface area contributed by atoms with Gasteiger partial charge in [0.25, 0.3) is 5.69 Å². The summed E-state index contributed by atoms with van der Waals surface area (Å²) < 4.78 is 0. The third-order valence-corrected chi connectivity index (χ3v) is 2.92. The molecule has 3 N–H and O–H groups in total. The van der Waals surface area contributed by atoms with E-state index in [1.807, 2.05) is 24.3 Å². The monoisotopic (exact) mass is 281 g/mol. The average molecular weight is 281 g/mol. The molecule has 1 aromatic heterocycles. The van der Waals surface area contributed by atoms with Crippen LogP contribution in [-0.2, 0) is 0 Å². The van der Waals surface area contributed by atoms with Gasteiger partial charge in [-0.1, -0.05) is 18.2 Å². The molecule has 0 spiro atoms. The molecule has 0 fully saturated rings. The Bertz CT molecular complexity index is 834. The summed E-state index contributed by atoms with van der Waals surface area (Å²) in [5, 5.41) is 13.7. The van der Waals surface area contributed by atoms with E-state index in [2.05, 4.69) is 15.3 Å². The van der Waals surface area contributed by atoms with Gasteiger partial charge in [0.05, 0.1) is 16.0 Å². The first-order valence-electron chi connectivity index (χ1n) is 6.17. The maximum atomic E-state index is 10.8. The summed E-state index contributed by atoms with van der Waals surface area (Å²) in [6.45, 7) is 0. The lowest BCUT2D eigenvalue weighted by Gasteiger charge is -2.08. The van der Waals surface area contributed by atoms with Gasteiger partial charge >= 0.3 is 0 Å². The van der Waals surface area contributed by atoms with Crippen molar-refractivity contribution in [2.75, 3.05) is 11.1 Å². The maximum Gasteiger partial charge on any atom is 0.271 e. The van der Waals surface area contributed by atoms with Crippen LogP contribution in [0.2, 0.25) is 0 Å². The molecule has 0 radical (unpaired) electrons. The van der Waals surface area contributed by atoms with Gasteiger partial charge in [-0.05, 0) is 18.2 Å². The van der Waals surface area contributed by atoms with E-state index in [1.54, 1.807) is 12.1 Å². The Morgan fingerprint density at radius 2 is 1.76 bits per heavy atom. The number of nitrogens with zero attached hydrogens (tertiary/aromatic N) is 3. The fourth-order valence-corrected chi connectivity index (χ4v) is 1.94. The molecule has 0 saturated carbocycles. The van der Waals surface area contributed by atoms with Crippen molar-refractivity contribution in [2.24, 2.45) is 0 Å². The molecule has 1 heterocycles. The Morgan fingerprint density at radius 1 is 1.05 bits per heavy atom. The summed E-state index contributed by atoms with van der Waals surface area (Å²) >= 11 is 0. The topological polar surface area (TPSA) is 107 Å². The predicted octanol–water partition coefficient (Wildman–Crippen LogP) is 2.86. The smallest absolute Gasteiger partial charge is 0.271 e. The number of aromatic nitrogens is 2. The largest absolute Gasteiger partial charge is 0.381 e. The van der Waals surface area contributed by atoms with Crippen molar-refractivity contribution in [1.82, 2.24) is 9.97 Å². The zero-order valence-electron chi connectivity index (χ0n) is 10.9. The fraction of sp³-hybridized carbons (Fsp3) is 0. The van der Waals surface area contributed by atoms with E-state index in [1.165, 1.54) is 12.1 Å². The van der Waals surface area contributed by atoms with Crippen LogP contribution < -0.4 is 11.1 Å². The molecule has 0 bridgehead atoms. The summed E-state index contributed by atoms with van der Waals surface area (Å²) in [7, 11) is 0. The van der Waals surface area contributed by atoms with Gasteiger partial charge in [-0.3, -0.25) is 10.1 Å². The number of anilines is 3. The molecular weight excluding hydrogens is 270 g/mol. The highest BCUT2D eigenvalue weighted by Gasteiger charge is 2.09. The first-order valence-corrected chi connectivity index (χ1v) is 6.17. The van der Waals surface area contributed by atoms with Crippen molar-refractivity contribution in [3.8, 4) is 0 Å². The van der Waals surface area contributed by atoms with Gasteiger partial charge in [-0.2, -0.15) is 0 Å². The van der Waals surface area contributed by atoms with Crippen LogP contribution in [-0.4, -0.2) is 14.9 Å². The highest BCUT2D eigenvalue weighted by atomic mass is 16.6. The molecule has 0 aliphatic carbocycles. The maximum absolute atomic E-state index is 10.8. The highest BCUT2D eigenvalue weighted by molar-refractivity contribution is 5.81. The number of hydrogen-bond acceptors (Lipinski definition) is 6. The van der Waals surface area contributed by atoms with Crippen LogP contribution in [0, 0.1) is 10.1 Å². The van der Waals surface area contributed by atoms with Crippen LogP contribution in [0.15, 0.2) is 48.5 Å². The molecule has 7 heteroatoms. The van der Waals surface area contributed by atoms with Crippen molar-refractivity contribution >= 4 is 34.0 Å². The van der Waals surface area contributed by atoms with Crippen LogP contribution in [0.3, 0.4) is 0 Å². The van der Waals surface area contributed by atoms with Crippen LogP contribution in [0.25, 0.3) is 11.0 Å². The quantitative estimate of drug-likeness (QED) is 0.564. The SMILES string of the molecule is Nc1nc2ccccc2nc1Nc1cccc([N+](=O)[O-])c1. The molecule has 0 aliphatic heterocycles. The summed E-state index contributed by atoms with van der Waals surface area (Å²) in [5.74, 6) is 0.606. The van der Waals surface area contributed by atoms with Crippen molar-refractivity contribution in [2.45, 2.75) is 0 Å². The molecule has 0 aliphatic rings. The number of fused-ring (bicyclic) bond motifs is 1. The Hall–Kier alpha value is -3.22. The van der Waals surface area contributed by atoms with Gasteiger partial charge in [0.15, 0.2) is 11.6 Å². The van der Waals surface area contributed by atoms with Crippen molar-refractivity contribution in [1.29, 1.82) is 0 Å². The lowest BCUT2D eigenvalue weighted by atomic mass is 10.2. The van der Waals surface area contributed by atoms with E-state index >= 15 is 0 Å². The standard InChI is InChI=1S/C14H11N5O2/c15-13-14(18-12-7-2-1-6-11(12)17-13)16-9-4-3-5-10(8-9)19(20)21/h1-8H,(H2,15,17)(H,16,18). The zero-order chi connectivity index (χ0) is 14.8. The summed E-state index contributed by atoms with van der Waals surface area (Å²) in [6.07, 6.45) is 0. The van der Waals surface area contributed by atoms with Crippen molar-refractivity contribution < 1.29 is 4.92 Å². The number of nitrogens with one attached hydrogen (secondary N) is 1. The second-order valence-corrected chi connectivity index (χ2v) is 4.38. The number of nitro groups is 1. The molecule has 0 atom stereocenters. The summed E-state index contributed by atoms with van der Waals surface area (Å²) in [4.78, 5) is 18.9. The van der Waals surface area contributed by atoms with Gasteiger partial charge in [0, 0.05) is 17.8 Å². The number of nitrogens with two attached hydrogens (primary N) is 1. The molecule has 7 nitrogen and oxygen atoms in total. The molecule has 0 unspecified atom stereocenters. The Labute approximate surface area is 119 Å². The second kappa shape index (κ2) is 5.04. The Kier molecular flexibility index (Phi) is 3.07. The van der Waals surface area contributed by atoms with E-state index < -0.39 is 4.92 Å². The van der Waals surface area contributed by atoms with Gasteiger partial charge in [0.2, 0.25) is 0 Å². The molecule has 21 heavy (non-hydrogen) atoms. The highest BCUT2D eigenvalue weighted by Crippen LogP contribution is 2.24. The van der Waals surface area contributed by atoms with Gasteiger partial charge < -0.3 is 11.1 Å². The minimum Gasteiger partial charge on any atom is -0.381 e. The Morgan fingerprint density at radius 3 is 2.48 bits per heavy atom. The normalized spacial score (nSPS) is 10.5. The average Bonchev–Trinajstić information content (AvgIpc) is 2.48. The van der Waals surface area contributed by atoms with E-state index in [4.69, 9.17) is 5.73 Å². The molecule has 0 saturated heterocycles. The molecule has 104 valence electrons. The second-order valence-electron chi connectivity index (χ2n) is 4.38. The zero-order valence-corrected chi connectivity index (χ0v) is 10.9. The predicted molar refractivity (Wildman–Crippen MR) is 80.3 cm³/mol. The number of rotatable bonds is 3. The van der Waals surface area contributed by atoms with Gasteiger partial charge in [-0.15, -0.1) is 0 Å². The molecule has 2 aromatic carbocycles. The van der Waals surface area contributed by atoms with Crippen LogP contribution in [0.5, 0.6) is 0 Å². The number of nitrogen functional groups attached to an aromatic ring is 1. The van der Waals surface area contributed by atoms with E-state index in [9.17, 15) is 10.1 Å². The minimum absolute atomic E-state index is 0.00711. The van der Waals surface area contributed by atoms with Crippen molar-refractivity contribution in [3.05, 3.63) is 58.6 Å². The van der Waals surface area contributed by atoms with Crippen molar-refractivity contribution in [3.63, 3.8) is 0 Å². The first-order chi connectivity index (χ1) is 10.1. The number of benzene rings is 2. The van der Waals surface area contributed by atoms with Crippen LogP contribution in [0.4, 0.5) is 23.0 Å². The van der Waals surface area contributed by atoms with Crippen LogP contribution in [0.1, 0.15) is 0 Å². The van der Waals surface area contributed by atoms with E-state index in [0.717, 1.165) is 0 Å². The molecule has 3 rings (SSSR count). The first kappa shape index (κ1) is 12.8. The summed E-state index contributed by atoms with van der Waals surface area (Å²) in [5.41, 5.74) is 7.77. The number of nitro benzene ring substituents is 1. The third-order valence-electron chi connectivity index (χ3n) is 2.92. The van der Waals surface area contributed by atoms with E-state index in [-0.39, 0.29) is 11.5 Å². The minimum atomic E-state index is -0.458. The van der Waals surface area contributed by atoms with Gasteiger partial charge in [0.1, 0.15) is 0 Å². The molecule has 3 aromatic rings. The lowest BCUT2D eigenvalue weighted by molar-refractivity contribution is -0.384. The molecular formula is C14H11N5O2. The number of hydrogen-bond donors (Lipinski definition) is 2.